The molecule has 0 aliphatic rings. The van der Waals surface area contributed by atoms with Crippen molar-refractivity contribution in [1.82, 2.24) is 10.4 Å². The summed E-state index contributed by atoms with van der Waals surface area (Å²) in [6.07, 6.45) is 4.07. The van der Waals surface area contributed by atoms with Gasteiger partial charge in [0.15, 0.2) is 0 Å². The number of nitrogens with one attached hydrogen (secondary N) is 1. The number of hydrogen-bond donors (Lipinski definition) is 3. The average molecular weight is 268 g/mol. The zero-order valence-electron chi connectivity index (χ0n) is 10.9. The molecule has 2 heterocycles. The molecular weight excluding hydrogens is 252 g/mol. The molecule has 102 valence electrons. The van der Waals surface area contributed by atoms with Gasteiger partial charge in [0, 0.05) is 17.1 Å². The molecule has 5 nitrogen and oxygen atoms in total. The van der Waals surface area contributed by atoms with Crippen LogP contribution in [0, 0.1) is 0 Å². The van der Waals surface area contributed by atoms with Crippen molar-refractivity contribution in [2.75, 3.05) is 5.73 Å². The Morgan fingerprint density at radius 2 is 2.05 bits per heavy atom. The number of nitrogens with zero attached hydrogens (tertiary/aromatic N) is 1. The SMILES string of the molecule is NNC(Cc1cccnc1N)c1coc2ccccc12. The van der Waals surface area contributed by atoms with Gasteiger partial charge in [-0.25, -0.2) is 4.98 Å². The predicted octanol–water partition coefficient (Wildman–Crippen LogP) is 2.16. The number of nitrogen functional groups attached to an aromatic ring is 1. The van der Waals surface area contributed by atoms with Crippen LogP contribution in [0.3, 0.4) is 0 Å². The fourth-order valence-electron chi connectivity index (χ4n) is 2.37. The first-order valence-corrected chi connectivity index (χ1v) is 6.41. The van der Waals surface area contributed by atoms with Gasteiger partial charge in [-0.2, -0.15) is 0 Å². The molecule has 2 aromatic heterocycles. The lowest BCUT2D eigenvalue weighted by Gasteiger charge is -2.15. The summed E-state index contributed by atoms with van der Waals surface area (Å²) in [6, 6.07) is 11.6. The molecule has 3 aromatic rings. The molecule has 0 bridgehead atoms. The molecule has 0 aliphatic heterocycles. The van der Waals surface area contributed by atoms with Gasteiger partial charge in [0.1, 0.15) is 11.4 Å². The largest absolute Gasteiger partial charge is 0.464 e. The molecule has 3 rings (SSSR count). The van der Waals surface area contributed by atoms with Crippen molar-refractivity contribution in [2.45, 2.75) is 12.5 Å². The van der Waals surface area contributed by atoms with E-state index in [1.54, 1.807) is 12.5 Å². The van der Waals surface area contributed by atoms with Crippen molar-refractivity contribution < 1.29 is 4.42 Å². The molecule has 1 unspecified atom stereocenters. The minimum Gasteiger partial charge on any atom is -0.464 e. The van der Waals surface area contributed by atoms with E-state index in [-0.39, 0.29) is 6.04 Å². The Hall–Kier alpha value is -2.37. The maximum atomic E-state index is 5.89. The molecule has 0 amide bonds. The Balaban J connectivity index is 1.96. The van der Waals surface area contributed by atoms with Gasteiger partial charge >= 0.3 is 0 Å². The summed E-state index contributed by atoms with van der Waals surface area (Å²) >= 11 is 0. The van der Waals surface area contributed by atoms with Crippen LogP contribution >= 0.6 is 0 Å². The molecule has 1 aromatic carbocycles. The smallest absolute Gasteiger partial charge is 0.134 e. The minimum atomic E-state index is -0.0786. The van der Waals surface area contributed by atoms with Gasteiger partial charge < -0.3 is 10.2 Å². The van der Waals surface area contributed by atoms with Crippen molar-refractivity contribution in [3.63, 3.8) is 0 Å². The van der Waals surface area contributed by atoms with Crippen molar-refractivity contribution in [3.05, 3.63) is 60.0 Å². The summed E-state index contributed by atoms with van der Waals surface area (Å²) in [5.74, 6) is 6.23. The van der Waals surface area contributed by atoms with Crippen molar-refractivity contribution in [2.24, 2.45) is 5.84 Å². The molecule has 5 heteroatoms. The molecular formula is C15H16N4O. The maximum absolute atomic E-state index is 5.89. The minimum absolute atomic E-state index is 0.0786. The number of anilines is 1. The first kappa shape index (κ1) is 12.7. The first-order valence-electron chi connectivity index (χ1n) is 6.41. The molecule has 0 fully saturated rings. The first-order chi connectivity index (χ1) is 9.79. The van der Waals surface area contributed by atoms with E-state index in [4.69, 9.17) is 16.0 Å². The number of nitrogens with two attached hydrogens (primary N) is 2. The molecule has 0 spiro atoms. The zero-order chi connectivity index (χ0) is 13.9. The topological polar surface area (TPSA) is 90.1 Å². The van der Waals surface area contributed by atoms with E-state index in [1.807, 2.05) is 36.4 Å². The number of furan rings is 1. The van der Waals surface area contributed by atoms with Crippen LogP contribution < -0.4 is 17.0 Å². The summed E-state index contributed by atoms with van der Waals surface area (Å²) in [7, 11) is 0. The highest BCUT2D eigenvalue weighted by Gasteiger charge is 2.17. The lowest BCUT2D eigenvalue weighted by atomic mass is 9.99. The zero-order valence-corrected chi connectivity index (χ0v) is 10.9. The third kappa shape index (κ3) is 2.24. The molecule has 0 radical (unpaired) electrons. The second kappa shape index (κ2) is 5.32. The number of hydrazine groups is 1. The highest BCUT2D eigenvalue weighted by atomic mass is 16.3. The second-order valence-corrected chi connectivity index (χ2v) is 4.66. The van der Waals surface area contributed by atoms with Gasteiger partial charge in [0.05, 0.1) is 12.3 Å². The van der Waals surface area contributed by atoms with Crippen LogP contribution in [0.25, 0.3) is 11.0 Å². The van der Waals surface area contributed by atoms with Crippen LogP contribution in [0.15, 0.2) is 53.3 Å². The van der Waals surface area contributed by atoms with E-state index >= 15 is 0 Å². The van der Waals surface area contributed by atoms with E-state index in [0.717, 1.165) is 22.1 Å². The fourth-order valence-corrected chi connectivity index (χ4v) is 2.37. The van der Waals surface area contributed by atoms with E-state index in [2.05, 4.69) is 10.4 Å². The van der Waals surface area contributed by atoms with Gasteiger partial charge in [0.2, 0.25) is 0 Å². The van der Waals surface area contributed by atoms with E-state index < -0.39 is 0 Å². The Morgan fingerprint density at radius 3 is 2.85 bits per heavy atom. The van der Waals surface area contributed by atoms with E-state index in [1.165, 1.54) is 0 Å². The standard InChI is InChI=1S/C15H16N4O/c16-15-10(4-3-7-18-15)8-13(19-17)12-9-20-14-6-2-1-5-11(12)14/h1-7,9,13,19H,8,17H2,(H2,16,18). The predicted molar refractivity (Wildman–Crippen MR) is 78.6 cm³/mol. The van der Waals surface area contributed by atoms with Crippen LogP contribution in [0.4, 0.5) is 5.82 Å². The Morgan fingerprint density at radius 1 is 1.20 bits per heavy atom. The van der Waals surface area contributed by atoms with Gasteiger partial charge in [-0.15, -0.1) is 0 Å². The van der Waals surface area contributed by atoms with Gasteiger partial charge in [-0.05, 0) is 24.1 Å². The summed E-state index contributed by atoms with van der Waals surface area (Å²) in [5, 5.41) is 1.05. The lowest BCUT2D eigenvalue weighted by Crippen LogP contribution is -2.29. The van der Waals surface area contributed by atoms with Crippen molar-refractivity contribution >= 4 is 16.8 Å². The Labute approximate surface area is 116 Å². The Bertz CT molecular complexity index is 722. The number of para-hydroxylation sites is 1. The summed E-state index contributed by atoms with van der Waals surface area (Å²) in [4.78, 5) is 4.10. The molecule has 0 saturated heterocycles. The van der Waals surface area contributed by atoms with Crippen LogP contribution in [0.5, 0.6) is 0 Å². The van der Waals surface area contributed by atoms with Crippen LogP contribution in [0.1, 0.15) is 17.2 Å². The normalized spacial score (nSPS) is 12.7. The molecule has 20 heavy (non-hydrogen) atoms. The van der Waals surface area contributed by atoms with E-state index in [0.29, 0.717) is 12.2 Å². The number of benzene rings is 1. The van der Waals surface area contributed by atoms with Gasteiger partial charge in [-0.1, -0.05) is 24.3 Å². The third-order valence-electron chi connectivity index (χ3n) is 3.44. The van der Waals surface area contributed by atoms with E-state index in [9.17, 15) is 0 Å². The Kier molecular flexibility index (Phi) is 3.37. The van der Waals surface area contributed by atoms with Gasteiger partial charge in [-0.3, -0.25) is 11.3 Å². The number of rotatable bonds is 4. The van der Waals surface area contributed by atoms with Crippen LogP contribution in [-0.2, 0) is 6.42 Å². The van der Waals surface area contributed by atoms with Gasteiger partial charge in [0.25, 0.3) is 0 Å². The fraction of sp³-hybridized carbons (Fsp3) is 0.133. The summed E-state index contributed by atoms with van der Waals surface area (Å²) < 4.78 is 5.56. The highest BCUT2D eigenvalue weighted by Crippen LogP contribution is 2.28. The summed E-state index contributed by atoms with van der Waals surface area (Å²) in [6.45, 7) is 0. The molecule has 1 atom stereocenters. The monoisotopic (exact) mass is 268 g/mol. The van der Waals surface area contributed by atoms with Crippen LogP contribution in [-0.4, -0.2) is 4.98 Å². The summed E-state index contributed by atoms with van der Waals surface area (Å²) in [5.41, 5.74) is 11.5. The number of fused-ring (bicyclic) bond motifs is 1. The molecule has 5 N–H and O–H groups in total. The maximum Gasteiger partial charge on any atom is 0.134 e. The van der Waals surface area contributed by atoms with Crippen molar-refractivity contribution in [1.29, 1.82) is 0 Å². The highest BCUT2D eigenvalue weighted by molar-refractivity contribution is 5.81. The average Bonchev–Trinajstić information content (AvgIpc) is 2.90. The van der Waals surface area contributed by atoms with Crippen molar-refractivity contribution in [3.8, 4) is 0 Å². The second-order valence-electron chi connectivity index (χ2n) is 4.66. The quantitative estimate of drug-likeness (QED) is 0.498. The number of hydrogen-bond acceptors (Lipinski definition) is 5. The van der Waals surface area contributed by atoms with Crippen LogP contribution in [0.2, 0.25) is 0 Å². The molecule has 0 saturated carbocycles. The third-order valence-corrected chi connectivity index (χ3v) is 3.44. The lowest BCUT2D eigenvalue weighted by molar-refractivity contribution is 0.537. The molecule has 0 aliphatic carbocycles. The number of aromatic nitrogens is 1. The number of pyridine rings is 1.